The number of carbonyl (C=O) groups excluding carboxylic acids is 1. The van der Waals surface area contributed by atoms with Crippen molar-refractivity contribution < 1.29 is 22.7 Å². The second-order valence-electron chi connectivity index (χ2n) is 13.9. The summed E-state index contributed by atoms with van der Waals surface area (Å²) in [5.41, 5.74) is 2.59. The fraction of sp³-hybridized carbons (Fsp3) is 0.513. The maximum Gasteiger partial charge on any atom is 0.323 e. The van der Waals surface area contributed by atoms with Gasteiger partial charge in [0.15, 0.2) is 0 Å². The molecule has 7 heteroatoms. The molecule has 0 bridgehead atoms. The number of esters is 1. The highest BCUT2D eigenvalue weighted by atomic mass is 19.1. The van der Waals surface area contributed by atoms with Crippen LogP contribution in [0, 0.1) is 35.2 Å². The normalized spacial score (nSPS) is 22.1. The number of hydrogen-bond donors (Lipinski definition) is 0. The van der Waals surface area contributed by atoms with E-state index in [1.165, 1.54) is 31.4 Å². The first-order valence-electron chi connectivity index (χ1n) is 17.3. The Bertz CT molecular complexity index is 1420. The smallest absolute Gasteiger partial charge is 0.323 e. The molecule has 3 aromatic rings. The topological polar surface area (TPSA) is 32.8 Å². The molecule has 4 nitrogen and oxygen atoms in total. The van der Waals surface area contributed by atoms with Gasteiger partial charge in [0, 0.05) is 31.6 Å². The Balaban J connectivity index is 1.07. The third-order valence-electron chi connectivity index (χ3n) is 10.7. The molecule has 2 saturated heterocycles. The van der Waals surface area contributed by atoms with Crippen molar-refractivity contribution in [3.05, 3.63) is 107 Å². The molecule has 0 N–H and O–H groups in total. The molecule has 1 saturated carbocycles. The highest BCUT2D eigenvalue weighted by molar-refractivity contribution is 5.76. The number of hydrogen-bond acceptors (Lipinski definition) is 4. The number of likely N-dealkylation sites (tertiary alicyclic amines) is 2. The highest BCUT2D eigenvalue weighted by Gasteiger charge is 2.42. The summed E-state index contributed by atoms with van der Waals surface area (Å²) in [6.07, 6.45) is 9.16. The first-order valence-corrected chi connectivity index (χ1v) is 17.3. The molecule has 3 aliphatic rings. The van der Waals surface area contributed by atoms with E-state index in [1.54, 1.807) is 18.2 Å². The molecule has 46 heavy (non-hydrogen) atoms. The summed E-state index contributed by atoms with van der Waals surface area (Å²) in [7, 11) is 0. The van der Waals surface area contributed by atoms with Crippen molar-refractivity contribution in [1.29, 1.82) is 0 Å². The Morgan fingerprint density at radius 2 is 1.63 bits per heavy atom. The molecule has 2 aliphatic heterocycles. The van der Waals surface area contributed by atoms with E-state index in [9.17, 15) is 18.0 Å². The van der Waals surface area contributed by atoms with Crippen LogP contribution in [-0.4, -0.2) is 54.5 Å². The molecule has 3 fully saturated rings. The molecular weight excluding hydrogens is 585 g/mol. The van der Waals surface area contributed by atoms with Crippen LogP contribution in [0.5, 0.6) is 0 Å². The number of carbonyl (C=O) groups is 1. The Morgan fingerprint density at radius 3 is 2.35 bits per heavy atom. The Kier molecular flexibility index (Phi) is 11.1. The maximum atomic E-state index is 14.4. The number of aryl methyl sites for hydroxylation is 1. The number of nitrogens with zero attached hydrogens (tertiary/aromatic N) is 2. The van der Waals surface area contributed by atoms with E-state index in [-0.39, 0.29) is 36.3 Å². The molecule has 0 amide bonds. The summed E-state index contributed by atoms with van der Waals surface area (Å²) in [4.78, 5) is 18.5. The Hall–Kier alpha value is -3.16. The van der Waals surface area contributed by atoms with Crippen LogP contribution in [0.25, 0.3) is 0 Å². The van der Waals surface area contributed by atoms with Gasteiger partial charge >= 0.3 is 5.97 Å². The largest absolute Gasteiger partial charge is 0.460 e. The zero-order valence-electron chi connectivity index (χ0n) is 26.8. The van der Waals surface area contributed by atoms with Gasteiger partial charge in [-0.3, -0.25) is 9.69 Å². The van der Waals surface area contributed by atoms with E-state index in [2.05, 4.69) is 9.80 Å². The van der Waals surface area contributed by atoms with E-state index >= 15 is 0 Å². The minimum Gasteiger partial charge on any atom is -0.460 e. The van der Waals surface area contributed by atoms with Crippen molar-refractivity contribution in [3.8, 4) is 0 Å². The minimum atomic E-state index is -0.532. The quantitative estimate of drug-likeness (QED) is 0.178. The maximum absolute atomic E-state index is 14.4. The first-order chi connectivity index (χ1) is 22.4. The van der Waals surface area contributed by atoms with Gasteiger partial charge in [-0.05, 0) is 97.8 Å². The van der Waals surface area contributed by atoms with Crippen molar-refractivity contribution in [3.63, 3.8) is 0 Å². The molecule has 0 spiro atoms. The average Bonchev–Trinajstić information content (AvgIpc) is 3.45. The standard InChI is InChI=1S/C39H47F3N2O2/c40-34-14-6-13-32(22-34)36-26-44(38(21-29-10-4-11-29)39(45)46-27-30-7-2-1-3-8-30)25-33(36)24-43-19-17-28(18-20-43)9-5-12-31-15-16-35(41)23-37(31)42/h1-3,6-8,13-16,22-23,28-29,33,36,38H,4-5,9-12,17-21,24-27H2/t33-,36+,38+/m0/s1. The number of benzene rings is 3. The second kappa shape index (κ2) is 15.6. The van der Waals surface area contributed by atoms with Crippen molar-refractivity contribution in [1.82, 2.24) is 9.80 Å². The van der Waals surface area contributed by atoms with E-state index in [0.29, 0.717) is 23.8 Å². The van der Waals surface area contributed by atoms with E-state index in [1.807, 2.05) is 36.4 Å². The summed E-state index contributed by atoms with van der Waals surface area (Å²) >= 11 is 0. The first kappa shape index (κ1) is 32.8. The molecule has 3 aromatic carbocycles. The summed E-state index contributed by atoms with van der Waals surface area (Å²) in [6, 6.07) is 20.4. The lowest BCUT2D eigenvalue weighted by Gasteiger charge is -2.35. The third kappa shape index (κ3) is 8.60. The van der Waals surface area contributed by atoms with Gasteiger partial charge in [0.1, 0.15) is 30.1 Å². The van der Waals surface area contributed by atoms with Gasteiger partial charge in [-0.2, -0.15) is 0 Å². The van der Waals surface area contributed by atoms with Gasteiger partial charge in [0.05, 0.1) is 0 Å². The second-order valence-corrected chi connectivity index (χ2v) is 13.9. The number of halogens is 3. The lowest BCUT2D eigenvalue weighted by molar-refractivity contribution is -0.152. The minimum absolute atomic E-state index is 0.143. The molecule has 0 unspecified atom stereocenters. The fourth-order valence-electron chi connectivity index (χ4n) is 7.82. The Morgan fingerprint density at radius 1 is 0.848 bits per heavy atom. The molecule has 2 heterocycles. The highest BCUT2D eigenvalue weighted by Crippen LogP contribution is 2.39. The van der Waals surface area contributed by atoms with Gasteiger partial charge in [-0.25, -0.2) is 13.2 Å². The zero-order valence-corrected chi connectivity index (χ0v) is 26.8. The van der Waals surface area contributed by atoms with Crippen LogP contribution < -0.4 is 0 Å². The van der Waals surface area contributed by atoms with Crippen LogP contribution in [0.2, 0.25) is 0 Å². The Labute approximate surface area is 271 Å². The summed E-state index contributed by atoms with van der Waals surface area (Å²) < 4.78 is 47.7. The van der Waals surface area contributed by atoms with Crippen LogP contribution in [0.15, 0.2) is 72.8 Å². The van der Waals surface area contributed by atoms with Crippen molar-refractivity contribution in [2.75, 3.05) is 32.7 Å². The summed E-state index contributed by atoms with van der Waals surface area (Å²) in [6.45, 7) is 4.73. The molecule has 0 aromatic heterocycles. The lowest BCUT2D eigenvalue weighted by Crippen LogP contribution is -2.44. The van der Waals surface area contributed by atoms with Gasteiger partial charge in [0.25, 0.3) is 0 Å². The van der Waals surface area contributed by atoms with Gasteiger partial charge in [-0.15, -0.1) is 0 Å². The molecule has 3 atom stereocenters. The van der Waals surface area contributed by atoms with Crippen LogP contribution in [-0.2, 0) is 22.6 Å². The lowest BCUT2D eigenvalue weighted by atomic mass is 9.80. The molecular formula is C39H47F3N2O2. The van der Waals surface area contributed by atoms with Gasteiger partial charge in [-0.1, -0.05) is 74.2 Å². The number of ether oxygens (including phenoxy) is 1. The molecule has 6 rings (SSSR count). The summed E-state index contributed by atoms with van der Waals surface area (Å²) in [5.74, 6) is 0.239. The third-order valence-corrected chi connectivity index (χ3v) is 10.7. The molecule has 246 valence electrons. The van der Waals surface area contributed by atoms with Crippen LogP contribution in [0.4, 0.5) is 13.2 Å². The predicted octanol–water partition coefficient (Wildman–Crippen LogP) is 8.16. The molecule has 0 radical (unpaired) electrons. The van der Waals surface area contributed by atoms with E-state index in [4.69, 9.17) is 4.74 Å². The predicted molar refractivity (Wildman–Crippen MR) is 175 cm³/mol. The fourth-order valence-corrected chi connectivity index (χ4v) is 7.82. The molecule has 1 aliphatic carbocycles. The van der Waals surface area contributed by atoms with Crippen molar-refractivity contribution >= 4 is 5.97 Å². The van der Waals surface area contributed by atoms with Crippen molar-refractivity contribution in [2.45, 2.75) is 76.4 Å². The van der Waals surface area contributed by atoms with Crippen molar-refractivity contribution in [2.24, 2.45) is 17.8 Å². The van der Waals surface area contributed by atoms with E-state index < -0.39 is 11.6 Å². The average molecular weight is 633 g/mol. The number of rotatable bonds is 13. The van der Waals surface area contributed by atoms with Gasteiger partial charge < -0.3 is 9.64 Å². The number of piperidine rings is 1. The van der Waals surface area contributed by atoms with Crippen LogP contribution in [0.3, 0.4) is 0 Å². The van der Waals surface area contributed by atoms with E-state index in [0.717, 1.165) is 82.0 Å². The zero-order chi connectivity index (χ0) is 31.9. The SMILES string of the molecule is O=C(OCc1ccccc1)[C@@H](CC1CCC1)N1C[C@H](CN2CCC(CCCc3ccc(F)cc3F)CC2)[C@@H](c2cccc(F)c2)C1. The van der Waals surface area contributed by atoms with Gasteiger partial charge in [0.2, 0.25) is 0 Å². The van der Waals surface area contributed by atoms with Crippen LogP contribution in [0.1, 0.15) is 74.0 Å². The summed E-state index contributed by atoms with van der Waals surface area (Å²) in [5, 5.41) is 0. The van der Waals surface area contributed by atoms with Crippen LogP contribution >= 0.6 is 0 Å². The monoisotopic (exact) mass is 632 g/mol.